The summed E-state index contributed by atoms with van der Waals surface area (Å²) in [4.78, 5) is 25.0. The Labute approximate surface area is 152 Å². The number of carboxylic acids is 1. The number of benzene rings is 1. The van der Waals surface area contributed by atoms with Crippen molar-refractivity contribution in [2.45, 2.75) is 37.2 Å². The Hall–Kier alpha value is -2.13. The van der Waals surface area contributed by atoms with Gasteiger partial charge in [0.25, 0.3) is 0 Å². The summed E-state index contributed by atoms with van der Waals surface area (Å²) in [5, 5.41) is 7.67. The van der Waals surface area contributed by atoms with E-state index in [0.29, 0.717) is 13.0 Å². The van der Waals surface area contributed by atoms with E-state index in [9.17, 15) is 18.0 Å². The van der Waals surface area contributed by atoms with Crippen LogP contribution in [0.1, 0.15) is 24.8 Å². The van der Waals surface area contributed by atoms with Crippen LogP contribution in [0, 0.1) is 0 Å². The van der Waals surface area contributed by atoms with Gasteiger partial charge in [0, 0.05) is 25.7 Å². The smallest absolute Gasteiger partial charge is 0.410 e. The molecular formula is C17H22N2O6S. The number of hydrogen-bond donors (Lipinski definition) is 1. The predicted molar refractivity (Wildman–Crippen MR) is 92.9 cm³/mol. The molecule has 1 amide bonds. The van der Waals surface area contributed by atoms with Crippen LogP contribution in [-0.4, -0.2) is 65.7 Å². The molecule has 0 aliphatic carbocycles. The van der Waals surface area contributed by atoms with E-state index in [4.69, 9.17) is 9.84 Å². The summed E-state index contributed by atoms with van der Waals surface area (Å²) in [6.07, 6.45) is 1.04. The van der Waals surface area contributed by atoms with Gasteiger partial charge in [0.05, 0.1) is 0 Å². The van der Waals surface area contributed by atoms with E-state index in [1.165, 1.54) is 4.31 Å². The molecule has 0 aromatic heterocycles. The highest BCUT2D eigenvalue weighted by Gasteiger charge is 2.45. The minimum absolute atomic E-state index is 0.0723. The standard InChI is InChI=1S/C17H22N2O6S/c20-16(21)15-8-10-18(26(15,23)24)11-14-7-4-9-19(14)17(22)25-12-13-5-2-1-3-6-13/h1-3,5-6,14-15H,4,7-12H2,(H,20,21)/t14-,15?/m1/s1. The molecule has 1 aromatic carbocycles. The van der Waals surface area contributed by atoms with E-state index < -0.39 is 27.3 Å². The zero-order valence-electron chi connectivity index (χ0n) is 14.3. The molecule has 2 heterocycles. The van der Waals surface area contributed by atoms with Crippen molar-refractivity contribution in [3.63, 3.8) is 0 Å². The quantitative estimate of drug-likeness (QED) is 0.823. The Bertz CT molecular complexity index is 767. The highest BCUT2D eigenvalue weighted by Crippen LogP contribution is 2.26. The highest BCUT2D eigenvalue weighted by atomic mass is 32.2. The number of carbonyl (C=O) groups excluding carboxylic acids is 1. The van der Waals surface area contributed by atoms with Crippen molar-refractivity contribution < 1.29 is 27.9 Å². The van der Waals surface area contributed by atoms with E-state index in [1.807, 2.05) is 30.3 Å². The number of likely N-dealkylation sites (tertiary alicyclic amines) is 1. The molecule has 1 unspecified atom stereocenters. The summed E-state index contributed by atoms with van der Waals surface area (Å²) in [7, 11) is -3.86. The molecule has 142 valence electrons. The van der Waals surface area contributed by atoms with Gasteiger partial charge >= 0.3 is 12.1 Å². The molecule has 2 fully saturated rings. The Kier molecular flexibility index (Phi) is 5.47. The van der Waals surface area contributed by atoms with Gasteiger partial charge in [-0.2, -0.15) is 4.31 Å². The molecule has 2 atom stereocenters. The molecule has 0 saturated carbocycles. The summed E-state index contributed by atoms with van der Waals surface area (Å²) in [5.74, 6) is -1.32. The molecule has 8 nitrogen and oxygen atoms in total. The normalized spacial score (nSPS) is 25.3. The second-order valence-corrected chi connectivity index (χ2v) is 8.66. The summed E-state index contributed by atoms with van der Waals surface area (Å²) < 4.78 is 31.2. The number of carbonyl (C=O) groups is 2. The number of amides is 1. The first-order valence-corrected chi connectivity index (χ1v) is 10.1. The van der Waals surface area contributed by atoms with Crippen molar-refractivity contribution in [1.29, 1.82) is 0 Å². The molecule has 3 rings (SSSR count). The molecule has 2 aliphatic rings. The van der Waals surface area contributed by atoms with Gasteiger partial charge in [-0.15, -0.1) is 0 Å². The number of sulfonamides is 1. The number of hydrogen-bond acceptors (Lipinski definition) is 5. The van der Waals surface area contributed by atoms with Crippen LogP contribution in [0.3, 0.4) is 0 Å². The van der Waals surface area contributed by atoms with Crippen molar-refractivity contribution in [3.05, 3.63) is 35.9 Å². The third-order valence-corrected chi connectivity index (χ3v) is 7.07. The van der Waals surface area contributed by atoms with Gasteiger partial charge in [-0.25, -0.2) is 13.2 Å². The van der Waals surface area contributed by atoms with Crippen molar-refractivity contribution in [2.24, 2.45) is 0 Å². The zero-order valence-corrected chi connectivity index (χ0v) is 15.1. The fourth-order valence-corrected chi connectivity index (χ4v) is 5.22. The third-order valence-electron chi connectivity index (χ3n) is 4.87. The number of aliphatic carboxylic acids is 1. The molecule has 0 bridgehead atoms. The second-order valence-electron chi connectivity index (χ2n) is 6.55. The Morgan fingerprint density at radius 2 is 1.88 bits per heavy atom. The Balaban J connectivity index is 1.60. The van der Waals surface area contributed by atoms with Crippen molar-refractivity contribution in [2.75, 3.05) is 19.6 Å². The van der Waals surface area contributed by atoms with Gasteiger partial charge in [0.2, 0.25) is 10.0 Å². The molecule has 9 heteroatoms. The molecule has 0 radical (unpaired) electrons. The van der Waals surface area contributed by atoms with E-state index in [0.717, 1.165) is 12.0 Å². The topological polar surface area (TPSA) is 104 Å². The van der Waals surface area contributed by atoms with Crippen molar-refractivity contribution in [1.82, 2.24) is 9.21 Å². The molecule has 2 aliphatic heterocycles. The average Bonchev–Trinajstić information content (AvgIpc) is 3.18. The molecule has 0 spiro atoms. The van der Waals surface area contributed by atoms with Crippen LogP contribution in [0.2, 0.25) is 0 Å². The summed E-state index contributed by atoms with van der Waals surface area (Å²) in [6, 6.07) is 9.02. The number of carboxylic acid groups (broad SMARTS) is 1. The summed E-state index contributed by atoms with van der Waals surface area (Å²) >= 11 is 0. The van der Waals surface area contributed by atoms with Gasteiger partial charge in [0.15, 0.2) is 5.25 Å². The SMILES string of the molecule is O=C(O)C1CCN(C[C@H]2CCCN2C(=O)OCc2ccccc2)S1(=O)=O. The van der Waals surface area contributed by atoms with Crippen LogP contribution in [0.15, 0.2) is 30.3 Å². The van der Waals surface area contributed by atoms with Crippen LogP contribution in [0.4, 0.5) is 4.79 Å². The molecule has 26 heavy (non-hydrogen) atoms. The maximum atomic E-state index is 12.4. The Morgan fingerprint density at radius 3 is 2.54 bits per heavy atom. The summed E-state index contributed by atoms with van der Waals surface area (Å²) in [5.41, 5.74) is 0.878. The van der Waals surface area contributed by atoms with E-state index >= 15 is 0 Å². The maximum absolute atomic E-state index is 12.4. The van der Waals surface area contributed by atoms with E-state index in [-0.39, 0.29) is 32.2 Å². The second kappa shape index (κ2) is 7.63. The first-order valence-electron chi connectivity index (χ1n) is 8.58. The average molecular weight is 382 g/mol. The number of nitrogens with zero attached hydrogens (tertiary/aromatic N) is 2. The summed E-state index contributed by atoms with van der Waals surface area (Å²) in [6.45, 7) is 0.954. The van der Waals surface area contributed by atoms with Gasteiger partial charge in [0.1, 0.15) is 6.61 Å². The van der Waals surface area contributed by atoms with Crippen LogP contribution in [0.25, 0.3) is 0 Å². The largest absolute Gasteiger partial charge is 0.480 e. The minimum Gasteiger partial charge on any atom is -0.480 e. The van der Waals surface area contributed by atoms with Crippen LogP contribution < -0.4 is 0 Å². The van der Waals surface area contributed by atoms with Gasteiger partial charge in [-0.3, -0.25) is 4.79 Å². The van der Waals surface area contributed by atoms with Gasteiger partial charge in [-0.1, -0.05) is 30.3 Å². The van der Waals surface area contributed by atoms with E-state index in [1.54, 1.807) is 4.90 Å². The van der Waals surface area contributed by atoms with Crippen LogP contribution in [0.5, 0.6) is 0 Å². The molecular weight excluding hydrogens is 360 g/mol. The van der Waals surface area contributed by atoms with Gasteiger partial charge in [-0.05, 0) is 24.8 Å². The highest BCUT2D eigenvalue weighted by molar-refractivity contribution is 7.90. The first-order chi connectivity index (χ1) is 12.4. The fraction of sp³-hybridized carbons (Fsp3) is 0.529. The lowest BCUT2D eigenvalue weighted by molar-refractivity contribution is -0.136. The monoisotopic (exact) mass is 382 g/mol. The molecule has 2 saturated heterocycles. The first kappa shape index (κ1) is 18.7. The number of ether oxygens (including phenoxy) is 1. The maximum Gasteiger partial charge on any atom is 0.410 e. The molecule has 1 N–H and O–H groups in total. The zero-order chi connectivity index (χ0) is 18.7. The predicted octanol–water partition coefficient (Wildman–Crippen LogP) is 1.28. The van der Waals surface area contributed by atoms with Gasteiger partial charge < -0.3 is 14.7 Å². The van der Waals surface area contributed by atoms with Crippen LogP contribution in [-0.2, 0) is 26.2 Å². The fourth-order valence-electron chi connectivity index (χ4n) is 3.47. The third kappa shape index (κ3) is 3.83. The Morgan fingerprint density at radius 1 is 1.15 bits per heavy atom. The molecule has 1 aromatic rings. The lowest BCUT2D eigenvalue weighted by atomic mass is 10.2. The minimum atomic E-state index is -3.86. The lowest BCUT2D eigenvalue weighted by Gasteiger charge is -2.27. The van der Waals surface area contributed by atoms with Crippen molar-refractivity contribution in [3.8, 4) is 0 Å². The van der Waals surface area contributed by atoms with Crippen LogP contribution >= 0.6 is 0 Å². The van der Waals surface area contributed by atoms with Crippen molar-refractivity contribution >= 4 is 22.1 Å². The lowest BCUT2D eigenvalue weighted by Crippen LogP contribution is -2.45. The number of rotatable bonds is 5. The van der Waals surface area contributed by atoms with E-state index in [2.05, 4.69) is 0 Å².